The molecular weight excluding hydrogens is 304 g/mol. The molecule has 0 aliphatic rings. The van der Waals surface area contributed by atoms with E-state index in [1.165, 1.54) is 11.8 Å². The number of benzene rings is 2. The molecule has 2 rings (SSSR count). The zero-order chi connectivity index (χ0) is 17.7. The Morgan fingerprint density at radius 1 is 1.12 bits per heavy atom. The predicted octanol–water partition coefficient (Wildman–Crippen LogP) is 2.91. The second kappa shape index (κ2) is 7.27. The van der Waals surface area contributed by atoms with Crippen molar-refractivity contribution in [2.75, 3.05) is 17.3 Å². The largest absolute Gasteiger partial charge is 0.385 e. The first-order valence-corrected chi connectivity index (χ1v) is 7.72. The number of aliphatic hydroxyl groups is 1. The van der Waals surface area contributed by atoms with Crippen LogP contribution in [0, 0.1) is 0 Å². The molecule has 2 aromatic carbocycles. The number of nitrogens with zero attached hydrogens (tertiary/aromatic N) is 1. The molecule has 2 aromatic rings. The molecule has 2 N–H and O–H groups in total. The topological polar surface area (TPSA) is 69.6 Å². The maximum Gasteiger partial charge on any atom is 0.227 e. The van der Waals surface area contributed by atoms with Crippen molar-refractivity contribution in [1.29, 1.82) is 0 Å². The van der Waals surface area contributed by atoms with Crippen LogP contribution in [0.4, 0.5) is 11.4 Å². The fourth-order valence-electron chi connectivity index (χ4n) is 2.39. The first-order chi connectivity index (χ1) is 11.3. The molecule has 0 fully saturated rings. The van der Waals surface area contributed by atoms with Gasteiger partial charge in [0.1, 0.15) is 0 Å². The molecule has 0 bridgehead atoms. The maximum atomic E-state index is 12.3. The molecule has 1 atom stereocenters. The second-order valence-electron chi connectivity index (χ2n) is 5.99. The Kier molecular flexibility index (Phi) is 5.36. The summed E-state index contributed by atoms with van der Waals surface area (Å²) in [5.41, 5.74) is 0.703. The van der Waals surface area contributed by atoms with Crippen LogP contribution in [-0.4, -0.2) is 24.0 Å². The quantitative estimate of drug-likeness (QED) is 0.887. The number of hydrogen-bond acceptors (Lipinski definition) is 3. The number of hydrogen-bond donors (Lipinski definition) is 2. The minimum absolute atomic E-state index is 0.0657. The Labute approximate surface area is 141 Å². The van der Waals surface area contributed by atoms with E-state index in [0.29, 0.717) is 16.9 Å². The summed E-state index contributed by atoms with van der Waals surface area (Å²) in [5, 5.41) is 13.3. The van der Waals surface area contributed by atoms with Gasteiger partial charge in [0.05, 0.1) is 12.0 Å². The highest BCUT2D eigenvalue weighted by Gasteiger charge is 2.26. The number of nitrogens with one attached hydrogen (secondary N) is 1. The van der Waals surface area contributed by atoms with Crippen molar-refractivity contribution in [3.05, 3.63) is 60.2 Å². The van der Waals surface area contributed by atoms with E-state index in [-0.39, 0.29) is 18.2 Å². The molecule has 5 heteroatoms. The van der Waals surface area contributed by atoms with Crippen LogP contribution in [0.3, 0.4) is 0 Å². The van der Waals surface area contributed by atoms with Crippen molar-refractivity contribution in [3.8, 4) is 0 Å². The van der Waals surface area contributed by atoms with Crippen molar-refractivity contribution in [1.82, 2.24) is 0 Å². The maximum absolute atomic E-state index is 12.3. The van der Waals surface area contributed by atoms with E-state index in [1.807, 2.05) is 18.2 Å². The van der Waals surface area contributed by atoms with Crippen molar-refractivity contribution in [2.24, 2.45) is 0 Å². The van der Waals surface area contributed by atoms with Gasteiger partial charge in [-0.25, -0.2) is 0 Å². The first-order valence-electron chi connectivity index (χ1n) is 7.72. The van der Waals surface area contributed by atoms with Crippen LogP contribution >= 0.6 is 0 Å². The highest BCUT2D eigenvalue weighted by molar-refractivity contribution is 5.94. The van der Waals surface area contributed by atoms with Gasteiger partial charge < -0.3 is 15.3 Å². The van der Waals surface area contributed by atoms with Crippen molar-refractivity contribution in [2.45, 2.75) is 25.9 Å². The summed E-state index contributed by atoms with van der Waals surface area (Å²) in [6.45, 7) is 3.09. The number of carbonyl (C=O) groups is 2. The number of amides is 2. The molecule has 0 saturated carbocycles. The summed E-state index contributed by atoms with van der Waals surface area (Å²) in [6, 6.07) is 16.1. The molecule has 2 amide bonds. The Hall–Kier alpha value is -2.66. The molecule has 0 radical (unpaired) electrons. The Bertz CT molecular complexity index is 726. The van der Waals surface area contributed by atoms with E-state index in [2.05, 4.69) is 5.32 Å². The van der Waals surface area contributed by atoms with E-state index in [9.17, 15) is 14.7 Å². The van der Waals surface area contributed by atoms with E-state index in [4.69, 9.17) is 0 Å². The van der Waals surface area contributed by atoms with Gasteiger partial charge in [0.2, 0.25) is 11.8 Å². The summed E-state index contributed by atoms with van der Waals surface area (Å²) in [7, 11) is 1.67. The van der Waals surface area contributed by atoms with Gasteiger partial charge in [-0.1, -0.05) is 36.4 Å². The lowest BCUT2D eigenvalue weighted by molar-refractivity contribution is -0.120. The Morgan fingerprint density at radius 2 is 1.79 bits per heavy atom. The lowest BCUT2D eigenvalue weighted by atomic mass is 9.92. The van der Waals surface area contributed by atoms with Crippen LogP contribution < -0.4 is 10.2 Å². The third-order valence-electron chi connectivity index (χ3n) is 3.89. The third kappa shape index (κ3) is 4.43. The van der Waals surface area contributed by atoms with Gasteiger partial charge >= 0.3 is 0 Å². The minimum Gasteiger partial charge on any atom is -0.385 e. The average Bonchev–Trinajstić information content (AvgIpc) is 2.54. The molecule has 0 saturated heterocycles. The monoisotopic (exact) mass is 326 g/mol. The lowest BCUT2D eigenvalue weighted by Crippen LogP contribution is -2.28. The van der Waals surface area contributed by atoms with E-state index >= 15 is 0 Å². The zero-order valence-corrected chi connectivity index (χ0v) is 14.1. The molecule has 0 aromatic heterocycles. The molecule has 5 nitrogen and oxygen atoms in total. The van der Waals surface area contributed by atoms with Crippen molar-refractivity contribution < 1.29 is 14.7 Å². The average molecular weight is 326 g/mol. The van der Waals surface area contributed by atoms with Crippen LogP contribution in [0.25, 0.3) is 0 Å². The van der Waals surface area contributed by atoms with Crippen LogP contribution in [-0.2, 0) is 15.2 Å². The highest BCUT2D eigenvalue weighted by Crippen LogP contribution is 2.25. The van der Waals surface area contributed by atoms with Crippen LogP contribution in [0.1, 0.15) is 25.8 Å². The molecule has 0 heterocycles. The first kappa shape index (κ1) is 17.7. The van der Waals surface area contributed by atoms with Gasteiger partial charge in [-0.15, -0.1) is 0 Å². The van der Waals surface area contributed by atoms with Crippen LogP contribution in [0.15, 0.2) is 54.6 Å². The summed E-state index contributed by atoms with van der Waals surface area (Å²) in [6.07, 6.45) is -0.0657. The standard InChI is InChI=1S/C19H22N2O3/c1-14(22)21(3)17-11-7-10-16(12-17)20-18(23)13-19(2,24)15-8-5-4-6-9-15/h4-12,24H,13H2,1-3H3,(H,20,23). The van der Waals surface area contributed by atoms with E-state index in [1.54, 1.807) is 50.4 Å². The Balaban J connectivity index is 2.07. The predicted molar refractivity (Wildman–Crippen MR) is 94.8 cm³/mol. The summed E-state index contributed by atoms with van der Waals surface area (Å²) < 4.78 is 0. The van der Waals surface area contributed by atoms with Gasteiger partial charge in [0.25, 0.3) is 0 Å². The summed E-state index contributed by atoms with van der Waals surface area (Å²) in [4.78, 5) is 25.2. The third-order valence-corrected chi connectivity index (χ3v) is 3.89. The molecule has 0 aliphatic carbocycles. The van der Waals surface area contributed by atoms with Crippen molar-refractivity contribution in [3.63, 3.8) is 0 Å². The van der Waals surface area contributed by atoms with Gasteiger partial charge in [-0.2, -0.15) is 0 Å². The molecule has 1 unspecified atom stereocenters. The lowest BCUT2D eigenvalue weighted by Gasteiger charge is -2.23. The summed E-state index contributed by atoms with van der Waals surface area (Å²) in [5.74, 6) is -0.392. The summed E-state index contributed by atoms with van der Waals surface area (Å²) >= 11 is 0. The fraction of sp³-hybridized carbons (Fsp3) is 0.263. The van der Waals surface area contributed by atoms with Gasteiger partial charge in [0.15, 0.2) is 0 Å². The Morgan fingerprint density at radius 3 is 2.42 bits per heavy atom. The zero-order valence-electron chi connectivity index (χ0n) is 14.1. The van der Waals surface area contributed by atoms with Crippen LogP contribution in [0.5, 0.6) is 0 Å². The molecular formula is C19H22N2O3. The van der Waals surface area contributed by atoms with E-state index in [0.717, 1.165) is 0 Å². The van der Waals surface area contributed by atoms with Gasteiger partial charge in [0, 0.05) is 25.3 Å². The second-order valence-corrected chi connectivity index (χ2v) is 5.99. The SMILES string of the molecule is CC(=O)N(C)c1cccc(NC(=O)CC(C)(O)c2ccccc2)c1. The van der Waals surface area contributed by atoms with Crippen molar-refractivity contribution >= 4 is 23.2 Å². The molecule has 126 valence electrons. The smallest absolute Gasteiger partial charge is 0.227 e. The minimum atomic E-state index is -1.25. The molecule has 0 spiro atoms. The number of anilines is 2. The number of carbonyl (C=O) groups excluding carboxylic acids is 2. The number of rotatable bonds is 5. The molecule has 24 heavy (non-hydrogen) atoms. The highest BCUT2D eigenvalue weighted by atomic mass is 16.3. The fourth-order valence-corrected chi connectivity index (χ4v) is 2.39. The molecule has 0 aliphatic heterocycles. The van der Waals surface area contributed by atoms with Gasteiger partial charge in [-0.3, -0.25) is 9.59 Å². The normalized spacial score (nSPS) is 13.0. The van der Waals surface area contributed by atoms with Crippen LogP contribution in [0.2, 0.25) is 0 Å². The van der Waals surface area contributed by atoms with E-state index < -0.39 is 5.60 Å². The van der Waals surface area contributed by atoms with Gasteiger partial charge in [-0.05, 0) is 30.7 Å².